The number of benzene rings is 1. The van der Waals surface area contributed by atoms with Gasteiger partial charge in [-0.1, -0.05) is 43.2 Å². The molecule has 2 atom stereocenters. The number of rotatable bonds is 2. The fraction of sp³-hybridized carbons (Fsp3) is 0.500. The van der Waals surface area contributed by atoms with Gasteiger partial charge in [0.2, 0.25) is 5.91 Å². The molecule has 1 heterocycles. The monoisotopic (exact) mass is 256 g/mol. The molecule has 1 fully saturated rings. The highest BCUT2D eigenvalue weighted by atomic mass is 16.2. The summed E-state index contributed by atoms with van der Waals surface area (Å²) in [5, 5.41) is 9.34. The zero-order valence-corrected chi connectivity index (χ0v) is 11.4. The van der Waals surface area contributed by atoms with Crippen LogP contribution in [-0.4, -0.2) is 23.4 Å². The minimum atomic E-state index is -0.665. The average Bonchev–Trinajstić information content (AvgIpc) is 2.65. The standard InChI is InChI=1S/C16H20N2O/c1-13-8-4-3-7-11-18(13)16(19)15(12-17)14-9-5-2-6-10-14/h2,5-6,9-10,13,15H,3-4,7-8,11H2,1H3. The summed E-state index contributed by atoms with van der Waals surface area (Å²) in [5.41, 5.74) is 0.798. The molecule has 1 aliphatic rings. The minimum Gasteiger partial charge on any atom is -0.339 e. The molecule has 1 amide bonds. The van der Waals surface area contributed by atoms with E-state index in [1.54, 1.807) is 0 Å². The summed E-state index contributed by atoms with van der Waals surface area (Å²) in [6.45, 7) is 2.87. The van der Waals surface area contributed by atoms with Gasteiger partial charge in [0.05, 0.1) is 6.07 Å². The molecule has 3 nitrogen and oxygen atoms in total. The van der Waals surface area contributed by atoms with Gasteiger partial charge in [-0.3, -0.25) is 4.79 Å². The van der Waals surface area contributed by atoms with E-state index in [1.165, 1.54) is 12.8 Å². The van der Waals surface area contributed by atoms with Gasteiger partial charge >= 0.3 is 0 Å². The Hall–Kier alpha value is -1.82. The zero-order chi connectivity index (χ0) is 13.7. The van der Waals surface area contributed by atoms with Crippen LogP contribution in [0, 0.1) is 11.3 Å². The summed E-state index contributed by atoms with van der Waals surface area (Å²) >= 11 is 0. The molecule has 0 N–H and O–H groups in total. The number of hydrogen-bond donors (Lipinski definition) is 0. The lowest BCUT2D eigenvalue weighted by atomic mass is 9.98. The smallest absolute Gasteiger partial charge is 0.244 e. The Morgan fingerprint density at radius 1 is 1.32 bits per heavy atom. The maximum absolute atomic E-state index is 12.6. The molecule has 100 valence electrons. The molecule has 3 heteroatoms. The first-order valence-electron chi connectivity index (χ1n) is 6.99. The fourth-order valence-electron chi connectivity index (χ4n) is 2.69. The predicted octanol–water partition coefficient (Wildman–Crippen LogP) is 3.08. The van der Waals surface area contributed by atoms with Crippen molar-refractivity contribution < 1.29 is 4.79 Å². The summed E-state index contributed by atoms with van der Waals surface area (Å²) in [4.78, 5) is 14.5. The van der Waals surface area contributed by atoms with Crippen molar-refractivity contribution >= 4 is 5.91 Å². The van der Waals surface area contributed by atoms with Gasteiger partial charge in [0, 0.05) is 12.6 Å². The molecule has 2 rings (SSSR count). The number of carbonyl (C=O) groups is 1. The molecule has 1 aromatic carbocycles. The Labute approximate surface area is 114 Å². The maximum Gasteiger partial charge on any atom is 0.244 e. The van der Waals surface area contributed by atoms with Crippen molar-refractivity contribution in [2.24, 2.45) is 0 Å². The van der Waals surface area contributed by atoms with Crippen LogP contribution in [0.4, 0.5) is 0 Å². The molecular weight excluding hydrogens is 236 g/mol. The third-order valence-corrected chi connectivity index (χ3v) is 3.85. The van der Waals surface area contributed by atoms with E-state index in [2.05, 4.69) is 13.0 Å². The Morgan fingerprint density at radius 3 is 2.74 bits per heavy atom. The SMILES string of the molecule is CC1CCCCCN1C(=O)C(C#N)c1ccccc1. The molecule has 1 saturated heterocycles. The number of likely N-dealkylation sites (tertiary alicyclic amines) is 1. The summed E-state index contributed by atoms with van der Waals surface area (Å²) in [6.07, 6.45) is 4.44. The summed E-state index contributed by atoms with van der Waals surface area (Å²) in [7, 11) is 0. The molecule has 1 aromatic rings. The Morgan fingerprint density at radius 2 is 2.05 bits per heavy atom. The highest BCUT2D eigenvalue weighted by Gasteiger charge is 2.29. The van der Waals surface area contributed by atoms with Gasteiger partial charge in [0.15, 0.2) is 0 Å². The molecular formula is C16H20N2O. The van der Waals surface area contributed by atoms with Crippen LogP contribution in [-0.2, 0) is 4.79 Å². The summed E-state index contributed by atoms with van der Waals surface area (Å²) in [6, 6.07) is 11.8. The molecule has 0 saturated carbocycles. The van der Waals surface area contributed by atoms with E-state index >= 15 is 0 Å². The fourth-order valence-corrected chi connectivity index (χ4v) is 2.69. The molecule has 0 aliphatic carbocycles. The van der Waals surface area contributed by atoms with E-state index in [1.807, 2.05) is 35.2 Å². The van der Waals surface area contributed by atoms with Crippen LogP contribution in [0.5, 0.6) is 0 Å². The first kappa shape index (κ1) is 13.6. The Kier molecular flexibility index (Phi) is 4.57. The van der Waals surface area contributed by atoms with E-state index in [4.69, 9.17) is 0 Å². The number of carbonyl (C=O) groups excluding carboxylic acids is 1. The third-order valence-electron chi connectivity index (χ3n) is 3.85. The number of hydrogen-bond acceptors (Lipinski definition) is 2. The minimum absolute atomic E-state index is 0.0388. The van der Waals surface area contributed by atoms with Crippen LogP contribution >= 0.6 is 0 Å². The van der Waals surface area contributed by atoms with Gasteiger partial charge in [-0.15, -0.1) is 0 Å². The van der Waals surface area contributed by atoms with Gasteiger partial charge in [0.1, 0.15) is 5.92 Å². The van der Waals surface area contributed by atoms with E-state index in [9.17, 15) is 10.1 Å². The lowest BCUT2D eigenvalue weighted by Crippen LogP contribution is -2.40. The molecule has 0 spiro atoms. The maximum atomic E-state index is 12.6. The van der Waals surface area contributed by atoms with Crippen LogP contribution in [0.15, 0.2) is 30.3 Å². The van der Waals surface area contributed by atoms with Crippen LogP contribution in [0.3, 0.4) is 0 Å². The van der Waals surface area contributed by atoms with E-state index in [0.29, 0.717) is 0 Å². The second kappa shape index (κ2) is 6.38. The lowest BCUT2D eigenvalue weighted by Gasteiger charge is -2.29. The van der Waals surface area contributed by atoms with Crippen LogP contribution in [0.2, 0.25) is 0 Å². The largest absolute Gasteiger partial charge is 0.339 e. The molecule has 2 unspecified atom stereocenters. The van der Waals surface area contributed by atoms with Gasteiger partial charge in [0.25, 0.3) is 0 Å². The second-order valence-corrected chi connectivity index (χ2v) is 5.20. The van der Waals surface area contributed by atoms with E-state index in [-0.39, 0.29) is 11.9 Å². The third kappa shape index (κ3) is 3.14. The van der Waals surface area contributed by atoms with Gasteiger partial charge in [-0.2, -0.15) is 5.26 Å². The Bertz CT molecular complexity index is 463. The lowest BCUT2D eigenvalue weighted by molar-refractivity contribution is -0.133. The molecule has 19 heavy (non-hydrogen) atoms. The topological polar surface area (TPSA) is 44.1 Å². The number of nitrogens with zero attached hydrogens (tertiary/aromatic N) is 2. The second-order valence-electron chi connectivity index (χ2n) is 5.20. The van der Waals surface area contributed by atoms with Crippen molar-refractivity contribution in [2.45, 2.75) is 44.6 Å². The molecule has 1 aliphatic heterocycles. The molecule has 0 radical (unpaired) electrons. The number of amides is 1. The predicted molar refractivity (Wildman–Crippen MR) is 74.4 cm³/mol. The first-order valence-corrected chi connectivity index (χ1v) is 6.99. The van der Waals surface area contributed by atoms with Crippen molar-refractivity contribution in [3.8, 4) is 6.07 Å². The highest BCUT2D eigenvalue weighted by molar-refractivity contribution is 5.86. The van der Waals surface area contributed by atoms with Crippen LogP contribution in [0.1, 0.15) is 44.1 Å². The number of nitriles is 1. The van der Waals surface area contributed by atoms with E-state index in [0.717, 1.165) is 24.9 Å². The molecule has 0 bridgehead atoms. The van der Waals surface area contributed by atoms with Gasteiger partial charge in [-0.05, 0) is 25.3 Å². The van der Waals surface area contributed by atoms with Crippen molar-refractivity contribution in [3.05, 3.63) is 35.9 Å². The van der Waals surface area contributed by atoms with Crippen molar-refractivity contribution in [1.29, 1.82) is 5.26 Å². The quantitative estimate of drug-likeness (QED) is 0.816. The summed E-state index contributed by atoms with van der Waals surface area (Å²) < 4.78 is 0. The first-order chi connectivity index (χ1) is 9.24. The van der Waals surface area contributed by atoms with Gasteiger partial charge < -0.3 is 4.90 Å². The normalized spacial score (nSPS) is 21.3. The summed E-state index contributed by atoms with van der Waals surface area (Å²) in [5.74, 6) is -0.704. The van der Waals surface area contributed by atoms with Crippen molar-refractivity contribution in [3.63, 3.8) is 0 Å². The Balaban J connectivity index is 2.19. The highest BCUT2D eigenvalue weighted by Crippen LogP contribution is 2.23. The van der Waals surface area contributed by atoms with Crippen LogP contribution < -0.4 is 0 Å². The van der Waals surface area contributed by atoms with Crippen molar-refractivity contribution in [1.82, 2.24) is 4.90 Å². The molecule has 0 aromatic heterocycles. The average molecular weight is 256 g/mol. The van der Waals surface area contributed by atoms with E-state index < -0.39 is 5.92 Å². The van der Waals surface area contributed by atoms with Crippen LogP contribution in [0.25, 0.3) is 0 Å². The van der Waals surface area contributed by atoms with Crippen molar-refractivity contribution in [2.75, 3.05) is 6.54 Å². The van der Waals surface area contributed by atoms with Gasteiger partial charge in [-0.25, -0.2) is 0 Å². The zero-order valence-electron chi connectivity index (χ0n) is 11.4.